The lowest BCUT2D eigenvalue weighted by molar-refractivity contribution is -0.139. The highest BCUT2D eigenvalue weighted by molar-refractivity contribution is 5.87. The van der Waals surface area contributed by atoms with Crippen LogP contribution in [-0.4, -0.2) is 12.6 Å². The molecule has 0 amide bonds. The van der Waals surface area contributed by atoms with Crippen LogP contribution in [0.5, 0.6) is 0 Å². The third-order valence-electron chi connectivity index (χ3n) is 5.37. The Bertz CT molecular complexity index is 359. The summed E-state index contributed by atoms with van der Waals surface area (Å²) in [5.41, 5.74) is 1.18. The van der Waals surface area contributed by atoms with Crippen LogP contribution in [-0.2, 0) is 9.53 Å². The van der Waals surface area contributed by atoms with E-state index in [2.05, 4.69) is 6.08 Å². The fourth-order valence-electron chi connectivity index (χ4n) is 5.18. The van der Waals surface area contributed by atoms with Crippen LogP contribution in [0, 0.1) is 23.2 Å². The van der Waals surface area contributed by atoms with Crippen LogP contribution in [0.2, 0.25) is 0 Å². The summed E-state index contributed by atoms with van der Waals surface area (Å²) in [6.45, 7) is 4.52. The molecule has 4 rings (SSSR count). The van der Waals surface area contributed by atoms with Gasteiger partial charge in [-0.1, -0.05) is 13.0 Å². The van der Waals surface area contributed by atoms with Crippen molar-refractivity contribution in [2.24, 2.45) is 23.2 Å². The third kappa shape index (κ3) is 2.59. The zero-order valence-corrected chi connectivity index (χ0v) is 12.3. The molecular weight excluding hydrogens is 236 g/mol. The average molecular weight is 262 g/mol. The molecule has 4 bridgehead atoms. The molecule has 0 aromatic heterocycles. The molecule has 0 unspecified atom stereocenters. The Morgan fingerprint density at radius 3 is 2.16 bits per heavy atom. The molecule has 4 aliphatic carbocycles. The smallest absolute Gasteiger partial charge is 0.333 e. The van der Waals surface area contributed by atoms with Gasteiger partial charge in [0.15, 0.2) is 0 Å². The SMILES string of the molecule is CCCOC(=O)/C(C)=C/C12CC3CC(CC(C3)C1)C2. The van der Waals surface area contributed by atoms with E-state index in [1.165, 1.54) is 38.5 Å². The van der Waals surface area contributed by atoms with Crippen LogP contribution in [0.25, 0.3) is 0 Å². The van der Waals surface area contributed by atoms with Crippen LogP contribution in [0.4, 0.5) is 0 Å². The van der Waals surface area contributed by atoms with E-state index < -0.39 is 0 Å². The summed E-state index contributed by atoms with van der Waals surface area (Å²) in [6.07, 6.45) is 11.5. The standard InChI is InChI=1S/C17H26O2/c1-3-4-19-16(18)12(2)8-17-9-13-5-14(10-17)7-15(6-13)11-17/h8,13-15H,3-7,9-11H2,1-2H3/b12-8+. The monoisotopic (exact) mass is 262 g/mol. The van der Waals surface area contributed by atoms with Crippen LogP contribution < -0.4 is 0 Å². The number of ether oxygens (including phenoxy) is 1. The summed E-state index contributed by atoms with van der Waals surface area (Å²) in [7, 11) is 0. The van der Waals surface area contributed by atoms with E-state index >= 15 is 0 Å². The molecule has 0 aromatic carbocycles. The molecule has 0 aromatic rings. The van der Waals surface area contributed by atoms with Crippen molar-refractivity contribution in [1.29, 1.82) is 0 Å². The van der Waals surface area contributed by atoms with E-state index in [4.69, 9.17) is 4.74 Å². The molecule has 4 saturated carbocycles. The second-order valence-electron chi connectivity index (χ2n) is 7.24. The van der Waals surface area contributed by atoms with Crippen LogP contribution in [0.15, 0.2) is 11.6 Å². The van der Waals surface area contributed by atoms with E-state index in [0.717, 1.165) is 29.7 Å². The lowest BCUT2D eigenvalue weighted by Gasteiger charge is -2.56. The van der Waals surface area contributed by atoms with Gasteiger partial charge in [-0.3, -0.25) is 0 Å². The van der Waals surface area contributed by atoms with Gasteiger partial charge >= 0.3 is 5.97 Å². The highest BCUT2D eigenvalue weighted by Crippen LogP contribution is 2.60. The third-order valence-corrected chi connectivity index (χ3v) is 5.37. The Morgan fingerprint density at radius 1 is 1.16 bits per heavy atom. The van der Waals surface area contributed by atoms with Crippen molar-refractivity contribution in [3.05, 3.63) is 11.6 Å². The van der Waals surface area contributed by atoms with Crippen LogP contribution in [0.1, 0.15) is 58.8 Å². The number of allylic oxidation sites excluding steroid dienone is 1. The maximum atomic E-state index is 11.9. The first kappa shape index (κ1) is 13.2. The summed E-state index contributed by atoms with van der Waals surface area (Å²) < 4.78 is 5.26. The van der Waals surface area contributed by atoms with Crippen LogP contribution in [0.3, 0.4) is 0 Å². The number of carbonyl (C=O) groups is 1. The fourth-order valence-corrected chi connectivity index (χ4v) is 5.18. The van der Waals surface area contributed by atoms with Crippen molar-refractivity contribution in [1.82, 2.24) is 0 Å². The van der Waals surface area contributed by atoms with Gasteiger partial charge in [0.1, 0.15) is 0 Å². The van der Waals surface area contributed by atoms with Gasteiger partial charge in [-0.05, 0) is 75.0 Å². The molecule has 2 heteroatoms. The van der Waals surface area contributed by atoms with Gasteiger partial charge < -0.3 is 4.74 Å². The maximum absolute atomic E-state index is 11.9. The highest BCUT2D eigenvalue weighted by atomic mass is 16.5. The zero-order valence-electron chi connectivity index (χ0n) is 12.3. The maximum Gasteiger partial charge on any atom is 0.333 e. The highest BCUT2D eigenvalue weighted by Gasteiger charge is 2.49. The van der Waals surface area contributed by atoms with Gasteiger partial charge in [0, 0.05) is 5.57 Å². The van der Waals surface area contributed by atoms with Crippen molar-refractivity contribution < 1.29 is 9.53 Å². The number of esters is 1. The minimum absolute atomic E-state index is 0.0994. The normalized spacial score (nSPS) is 40.5. The van der Waals surface area contributed by atoms with Gasteiger partial charge in [0.2, 0.25) is 0 Å². The topological polar surface area (TPSA) is 26.3 Å². The van der Waals surface area contributed by atoms with Crippen molar-refractivity contribution in [2.75, 3.05) is 6.61 Å². The zero-order chi connectivity index (χ0) is 13.5. The van der Waals surface area contributed by atoms with Crippen molar-refractivity contribution in [3.63, 3.8) is 0 Å². The first-order chi connectivity index (χ1) is 9.10. The second-order valence-corrected chi connectivity index (χ2v) is 7.24. The summed E-state index contributed by atoms with van der Waals surface area (Å²) >= 11 is 0. The minimum atomic E-state index is -0.0994. The number of rotatable bonds is 4. The quantitative estimate of drug-likeness (QED) is 0.563. The van der Waals surface area contributed by atoms with Gasteiger partial charge in [0.05, 0.1) is 6.61 Å². The van der Waals surface area contributed by atoms with Crippen LogP contribution >= 0.6 is 0 Å². The Morgan fingerprint density at radius 2 is 1.68 bits per heavy atom. The largest absolute Gasteiger partial charge is 0.462 e. The molecule has 106 valence electrons. The molecule has 0 spiro atoms. The first-order valence-corrected chi connectivity index (χ1v) is 7.97. The summed E-state index contributed by atoms with van der Waals surface area (Å²) in [6, 6.07) is 0. The van der Waals surface area contributed by atoms with Crippen molar-refractivity contribution in [2.45, 2.75) is 58.8 Å². The van der Waals surface area contributed by atoms with Crippen molar-refractivity contribution in [3.8, 4) is 0 Å². The Kier molecular flexibility index (Phi) is 3.44. The lowest BCUT2D eigenvalue weighted by Crippen LogP contribution is -2.45. The summed E-state index contributed by atoms with van der Waals surface area (Å²) in [4.78, 5) is 11.9. The number of hydrogen-bond donors (Lipinski definition) is 0. The molecule has 2 nitrogen and oxygen atoms in total. The van der Waals surface area contributed by atoms with E-state index in [1.807, 2.05) is 13.8 Å². The van der Waals surface area contributed by atoms with E-state index in [9.17, 15) is 4.79 Å². The molecule has 0 atom stereocenters. The van der Waals surface area contributed by atoms with E-state index in [1.54, 1.807) is 0 Å². The molecule has 0 N–H and O–H groups in total. The minimum Gasteiger partial charge on any atom is -0.462 e. The van der Waals surface area contributed by atoms with Gasteiger partial charge in [-0.15, -0.1) is 0 Å². The number of carbonyl (C=O) groups excluding carboxylic acids is 1. The second kappa shape index (κ2) is 4.96. The predicted octanol–water partition coefficient (Wildman–Crippen LogP) is 4.10. The molecule has 0 saturated heterocycles. The predicted molar refractivity (Wildman–Crippen MR) is 75.6 cm³/mol. The molecule has 4 aliphatic rings. The van der Waals surface area contributed by atoms with Gasteiger partial charge in [0.25, 0.3) is 0 Å². The molecular formula is C17H26O2. The number of hydrogen-bond acceptors (Lipinski definition) is 2. The van der Waals surface area contributed by atoms with E-state index in [0.29, 0.717) is 12.0 Å². The molecule has 19 heavy (non-hydrogen) atoms. The molecule has 0 heterocycles. The van der Waals surface area contributed by atoms with E-state index in [-0.39, 0.29) is 5.97 Å². The van der Waals surface area contributed by atoms with Gasteiger partial charge in [-0.2, -0.15) is 0 Å². The first-order valence-electron chi connectivity index (χ1n) is 7.97. The lowest BCUT2D eigenvalue weighted by atomic mass is 9.49. The average Bonchev–Trinajstić information content (AvgIpc) is 2.33. The summed E-state index contributed by atoms with van der Waals surface area (Å²) in [5, 5.41) is 0. The molecule has 0 radical (unpaired) electrons. The van der Waals surface area contributed by atoms with Gasteiger partial charge in [-0.25, -0.2) is 4.79 Å². The summed E-state index contributed by atoms with van der Waals surface area (Å²) in [5.74, 6) is 2.70. The Labute approximate surface area is 116 Å². The molecule has 0 aliphatic heterocycles. The Hall–Kier alpha value is -0.790. The Balaban J connectivity index is 1.73. The van der Waals surface area contributed by atoms with Crippen molar-refractivity contribution >= 4 is 5.97 Å². The molecule has 4 fully saturated rings. The fraction of sp³-hybridized carbons (Fsp3) is 0.824.